The first-order valence-corrected chi connectivity index (χ1v) is 25.1. The van der Waals surface area contributed by atoms with E-state index in [1.165, 1.54) is 77.0 Å². The zero-order valence-electron chi connectivity index (χ0n) is 39.5. The van der Waals surface area contributed by atoms with Crippen LogP contribution >= 0.6 is 7.82 Å². The molecule has 0 radical (unpaired) electrons. The van der Waals surface area contributed by atoms with Gasteiger partial charge in [0.25, 0.3) is 0 Å². The molecule has 0 aromatic rings. The first-order chi connectivity index (χ1) is 26.9. The molecular formula is C47H96NO8P. The van der Waals surface area contributed by atoms with Crippen molar-refractivity contribution in [3.8, 4) is 0 Å². The van der Waals surface area contributed by atoms with E-state index in [1.807, 2.05) is 20.8 Å². The van der Waals surface area contributed by atoms with Crippen LogP contribution in [-0.4, -0.2) is 49.3 Å². The first kappa shape index (κ1) is 58.1. The minimum atomic E-state index is -4.40. The Labute approximate surface area is 353 Å². The fourth-order valence-corrected chi connectivity index (χ4v) is 8.10. The van der Waals surface area contributed by atoms with Crippen LogP contribution in [0.3, 0.4) is 0 Å². The van der Waals surface area contributed by atoms with Crippen molar-refractivity contribution in [2.75, 3.05) is 26.4 Å². The van der Waals surface area contributed by atoms with E-state index in [0.717, 1.165) is 62.2 Å². The second-order valence-corrected chi connectivity index (χ2v) is 20.0. The number of rotatable bonds is 37. The summed E-state index contributed by atoms with van der Waals surface area (Å²) in [6.07, 6.45) is 21.3. The standard InChI is InChI=1S/C45H90NO8P.C2H6/c1-35(2)17-11-19-37(5)21-13-23-39(7)25-15-27-41(9)31-44(47)51-33-43(34-53-55(49,50)52-30-29-46)54-45(48)32-42(10)28-16-26-40(8)24-14-22-38(6)20-12-18-36(3)4;1-2/h35-43H,11-34,46H2,1-10H3,(H,49,50);1-2H3. The van der Waals surface area contributed by atoms with E-state index >= 15 is 0 Å². The lowest BCUT2D eigenvalue weighted by Crippen LogP contribution is -2.30. The summed E-state index contributed by atoms with van der Waals surface area (Å²) in [6.45, 7) is 25.9. The van der Waals surface area contributed by atoms with Crippen molar-refractivity contribution in [1.82, 2.24) is 0 Å². The highest BCUT2D eigenvalue weighted by atomic mass is 31.2. The Kier molecular flexibility index (Phi) is 37.5. The van der Waals surface area contributed by atoms with E-state index in [4.69, 9.17) is 24.3 Å². The van der Waals surface area contributed by atoms with Gasteiger partial charge in [0.15, 0.2) is 6.10 Å². The molecule has 0 heterocycles. The van der Waals surface area contributed by atoms with Crippen LogP contribution in [0.2, 0.25) is 0 Å². The molecular weight excluding hydrogens is 737 g/mol. The fourth-order valence-electron chi connectivity index (χ4n) is 7.34. The number of esters is 2. The van der Waals surface area contributed by atoms with E-state index < -0.39 is 26.5 Å². The monoisotopic (exact) mass is 834 g/mol. The molecule has 0 aliphatic carbocycles. The number of carbonyl (C=O) groups excluding carboxylic acids is 2. The van der Waals surface area contributed by atoms with E-state index in [-0.39, 0.29) is 50.4 Å². The number of ether oxygens (including phenoxy) is 2. The Morgan fingerprint density at radius 2 is 0.842 bits per heavy atom. The van der Waals surface area contributed by atoms with Crippen LogP contribution in [-0.2, 0) is 32.7 Å². The Bertz CT molecular complexity index is 994. The average Bonchev–Trinajstić information content (AvgIpc) is 3.12. The molecule has 3 N–H and O–H groups in total. The molecule has 10 heteroatoms. The summed E-state index contributed by atoms with van der Waals surface area (Å²) in [5.74, 6) is 3.95. The van der Waals surface area contributed by atoms with E-state index in [2.05, 4.69) is 62.3 Å². The van der Waals surface area contributed by atoms with Gasteiger partial charge in [-0.2, -0.15) is 0 Å². The molecule has 0 bridgehead atoms. The average molecular weight is 834 g/mol. The van der Waals surface area contributed by atoms with E-state index in [0.29, 0.717) is 11.8 Å². The van der Waals surface area contributed by atoms with Crippen LogP contribution in [0, 0.1) is 47.3 Å². The lowest BCUT2D eigenvalue weighted by Gasteiger charge is -2.21. The molecule has 0 aromatic carbocycles. The molecule has 0 saturated carbocycles. The second kappa shape index (κ2) is 36.8. The SMILES string of the molecule is CC.CC(C)CCCC(C)CCCC(C)CCCC(C)CC(=O)OCC(COP(=O)(O)OCCN)OC(=O)CC(C)CCCC(C)CCCC(C)CCCC(C)C. The summed E-state index contributed by atoms with van der Waals surface area (Å²) in [6, 6.07) is 0. The van der Waals surface area contributed by atoms with Crippen molar-refractivity contribution < 1.29 is 37.6 Å². The largest absolute Gasteiger partial charge is 0.472 e. The Hall–Kier alpha value is -0.990. The molecule has 0 spiro atoms. The van der Waals surface area contributed by atoms with Crippen LogP contribution in [0.4, 0.5) is 0 Å². The van der Waals surface area contributed by atoms with Gasteiger partial charge < -0.3 is 20.1 Å². The smallest absolute Gasteiger partial charge is 0.462 e. The van der Waals surface area contributed by atoms with Crippen LogP contribution in [0.15, 0.2) is 0 Å². The van der Waals surface area contributed by atoms with Gasteiger partial charge in [-0.3, -0.25) is 18.6 Å². The maximum Gasteiger partial charge on any atom is 0.472 e. The molecule has 0 rings (SSSR count). The quantitative estimate of drug-likeness (QED) is 0.0463. The summed E-state index contributed by atoms with van der Waals surface area (Å²) < 4.78 is 33.3. The van der Waals surface area contributed by atoms with Gasteiger partial charge in [0, 0.05) is 19.4 Å². The molecule has 0 aliphatic heterocycles. The topological polar surface area (TPSA) is 134 Å². The fraction of sp³-hybridized carbons (Fsp3) is 0.957. The summed E-state index contributed by atoms with van der Waals surface area (Å²) in [5.41, 5.74) is 5.38. The molecule has 342 valence electrons. The highest BCUT2D eigenvalue weighted by molar-refractivity contribution is 7.47. The van der Waals surface area contributed by atoms with Gasteiger partial charge in [0.2, 0.25) is 0 Å². The minimum Gasteiger partial charge on any atom is -0.462 e. The molecule has 0 fully saturated rings. The number of hydrogen-bond donors (Lipinski definition) is 2. The number of nitrogens with two attached hydrogens (primary N) is 1. The molecule has 0 aromatic heterocycles. The maximum atomic E-state index is 12.9. The highest BCUT2D eigenvalue weighted by Gasteiger charge is 2.27. The van der Waals surface area contributed by atoms with Crippen LogP contribution in [0.1, 0.15) is 212 Å². The predicted molar refractivity (Wildman–Crippen MR) is 240 cm³/mol. The van der Waals surface area contributed by atoms with Crippen molar-refractivity contribution >= 4 is 19.8 Å². The summed E-state index contributed by atoms with van der Waals surface area (Å²) in [7, 11) is -4.40. The van der Waals surface area contributed by atoms with Gasteiger partial charge in [0.1, 0.15) is 6.61 Å². The molecule has 57 heavy (non-hydrogen) atoms. The normalized spacial score (nSPS) is 16.5. The summed E-state index contributed by atoms with van der Waals surface area (Å²) in [5, 5.41) is 0. The lowest BCUT2D eigenvalue weighted by molar-refractivity contribution is -0.162. The van der Waals surface area contributed by atoms with Crippen molar-refractivity contribution in [1.29, 1.82) is 0 Å². The van der Waals surface area contributed by atoms with Gasteiger partial charge in [-0.15, -0.1) is 0 Å². The van der Waals surface area contributed by atoms with Crippen molar-refractivity contribution in [2.24, 2.45) is 53.1 Å². The molecule has 0 saturated heterocycles. The zero-order chi connectivity index (χ0) is 43.6. The van der Waals surface area contributed by atoms with Gasteiger partial charge in [-0.1, -0.05) is 199 Å². The molecule has 0 amide bonds. The second-order valence-electron chi connectivity index (χ2n) is 18.6. The van der Waals surface area contributed by atoms with Crippen LogP contribution in [0.5, 0.6) is 0 Å². The van der Waals surface area contributed by atoms with E-state index in [1.54, 1.807) is 0 Å². The molecule has 8 atom stereocenters. The van der Waals surface area contributed by atoms with Crippen molar-refractivity contribution in [3.05, 3.63) is 0 Å². The number of phosphoric acid groups is 1. The third-order valence-electron chi connectivity index (χ3n) is 11.1. The molecule has 9 nitrogen and oxygen atoms in total. The van der Waals surface area contributed by atoms with Crippen LogP contribution < -0.4 is 5.73 Å². The first-order valence-electron chi connectivity index (χ1n) is 23.6. The molecule has 8 unspecified atom stereocenters. The summed E-state index contributed by atoms with van der Waals surface area (Å²) in [4.78, 5) is 35.7. The third-order valence-corrected chi connectivity index (χ3v) is 12.1. The predicted octanol–water partition coefficient (Wildman–Crippen LogP) is 13.5. The molecule has 0 aliphatic rings. The zero-order valence-corrected chi connectivity index (χ0v) is 40.4. The van der Waals surface area contributed by atoms with Crippen molar-refractivity contribution in [2.45, 2.75) is 218 Å². The Morgan fingerprint density at radius 1 is 0.509 bits per heavy atom. The number of phosphoric ester groups is 1. The minimum absolute atomic E-state index is 0.0490. The van der Waals surface area contributed by atoms with Gasteiger partial charge in [0.05, 0.1) is 13.2 Å². The van der Waals surface area contributed by atoms with Gasteiger partial charge >= 0.3 is 19.8 Å². The number of hydrogen-bond acceptors (Lipinski definition) is 8. The number of carbonyl (C=O) groups is 2. The lowest BCUT2D eigenvalue weighted by atomic mass is 9.91. The van der Waals surface area contributed by atoms with Gasteiger partial charge in [-0.05, 0) is 47.3 Å². The van der Waals surface area contributed by atoms with E-state index in [9.17, 15) is 19.0 Å². The highest BCUT2D eigenvalue weighted by Crippen LogP contribution is 2.43. The maximum absolute atomic E-state index is 12.9. The third kappa shape index (κ3) is 38.9. The van der Waals surface area contributed by atoms with Gasteiger partial charge in [-0.25, -0.2) is 4.57 Å². The Morgan fingerprint density at radius 3 is 1.19 bits per heavy atom. The Balaban J connectivity index is 0. The van der Waals surface area contributed by atoms with Crippen molar-refractivity contribution in [3.63, 3.8) is 0 Å². The summed E-state index contributed by atoms with van der Waals surface area (Å²) >= 11 is 0. The van der Waals surface area contributed by atoms with Crippen LogP contribution in [0.25, 0.3) is 0 Å².